The molecule has 0 aromatic carbocycles. The predicted octanol–water partition coefficient (Wildman–Crippen LogP) is 1.13. The van der Waals surface area contributed by atoms with Crippen molar-refractivity contribution in [2.45, 2.75) is 0 Å². The fraction of sp³-hybridized carbons (Fsp3) is 0. The fourth-order valence-electron chi connectivity index (χ4n) is 1.58. The van der Waals surface area contributed by atoms with Gasteiger partial charge in [0.25, 0.3) is 0 Å². The first-order valence-corrected chi connectivity index (χ1v) is 5.17. The second-order valence-electron chi connectivity index (χ2n) is 3.37. The molecule has 3 rings (SSSR count). The van der Waals surface area contributed by atoms with Crippen LogP contribution in [0.3, 0.4) is 0 Å². The van der Waals surface area contributed by atoms with Crippen LogP contribution < -0.4 is 5.43 Å². The molecule has 0 saturated carbocycles. The Labute approximate surface area is 99.9 Å². The first kappa shape index (κ1) is 9.98. The van der Waals surface area contributed by atoms with E-state index in [2.05, 4.69) is 20.2 Å². The van der Waals surface area contributed by atoms with Crippen LogP contribution in [-0.2, 0) is 0 Å². The van der Waals surface area contributed by atoms with E-state index in [1.165, 1.54) is 18.5 Å². The predicted molar refractivity (Wildman–Crippen MR) is 61.8 cm³/mol. The molecule has 17 heavy (non-hydrogen) atoms. The van der Waals surface area contributed by atoms with E-state index in [4.69, 9.17) is 11.6 Å². The van der Waals surface area contributed by atoms with Crippen LogP contribution in [0.2, 0.25) is 5.15 Å². The lowest BCUT2D eigenvalue weighted by molar-refractivity contribution is 1.10. The van der Waals surface area contributed by atoms with Crippen LogP contribution in [-0.4, -0.2) is 24.6 Å². The van der Waals surface area contributed by atoms with Crippen molar-refractivity contribution in [3.8, 4) is 11.4 Å². The monoisotopic (exact) mass is 247 g/mol. The van der Waals surface area contributed by atoms with Crippen molar-refractivity contribution >= 4 is 17.2 Å². The zero-order chi connectivity index (χ0) is 11.8. The topological polar surface area (TPSA) is 75.9 Å². The second-order valence-corrected chi connectivity index (χ2v) is 3.76. The molecule has 0 fully saturated rings. The lowest BCUT2D eigenvalue weighted by Crippen LogP contribution is -2.05. The highest BCUT2D eigenvalue weighted by Crippen LogP contribution is 2.18. The highest BCUT2D eigenvalue weighted by Gasteiger charge is 2.13. The summed E-state index contributed by atoms with van der Waals surface area (Å²) in [7, 11) is 0. The lowest BCUT2D eigenvalue weighted by atomic mass is 10.2. The minimum atomic E-state index is -0.147. The van der Waals surface area contributed by atoms with Gasteiger partial charge in [0.1, 0.15) is 5.15 Å². The molecule has 0 radical (unpaired) electrons. The standard InChI is InChI=1S/C10H6ClN5O/c11-8-4-13-5-9-14-15-10(16(8)9)6-3-12-2-1-7(6)17/h1-5H,(H,12,17). The van der Waals surface area contributed by atoms with Gasteiger partial charge in [-0.3, -0.25) is 14.2 Å². The third kappa shape index (κ3) is 1.50. The van der Waals surface area contributed by atoms with Crippen molar-refractivity contribution in [3.63, 3.8) is 0 Å². The molecular formula is C10H6ClN5O. The number of hydrogen-bond acceptors (Lipinski definition) is 4. The zero-order valence-corrected chi connectivity index (χ0v) is 9.22. The number of pyridine rings is 1. The summed E-state index contributed by atoms with van der Waals surface area (Å²) in [5.74, 6) is 0.397. The van der Waals surface area contributed by atoms with E-state index in [0.29, 0.717) is 22.2 Å². The van der Waals surface area contributed by atoms with Crippen molar-refractivity contribution in [1.29, 1.82) is 0 Å². The minimum Gasteiger partial charge on any atom is -0.367 e. The molecule has 1 N–H and O–H groups in total. The first-order chi connectivity index (χ1) is 8.27. The number of rotatable bonds is 1. The SMILES string of the molecule is O=c1cc[nH]cc1-c1nnc2cncc(Cl)n12. The molecule has 84 valence electrons. The zero-order valence-electron chi connectivity index (χ0n) is 8.46. The van der Waals surface area contributed by atoms with Gasteiger partial charge >= 0.3 is 0 Å². The number of aromatic nitrogens is 5. The number of fused-ring (bicyclic) bond motifs is 1. The number of hydrogen-bond donors (Lipinski definition) is 1. The molecule has 3 aromatic heterocycles. The quantitative estimate of drug-likeness (QED) is 0.699. The molecule has 0 saturated heterocycles. The molecule has 7 heteroatoms. The molecule has 0 bridgehead atoms. The summed E-state index contributed by atoms with van der Waals surface area (Å²) in [5, 5.41) is 8.22. The van der Waals surface area contributed by atoms with Gasteiger partial charge in [0.2, 0.25) is 0 Å². The molecule has 0 atom stereocenters. The highest BCUT2D eigenvalue weighted by molar-refractivity contribution is 6.29. The summed E-state index contributed by atoms with van der Waals surface area (Å²) >= 11 is 6.01. The van der Waals surface area contributed by atoms with Crippen molar-refractivity contribution in [1.82, 2.24) is 24.6 Å². The maximum absolute atomic E-state index is 11.7. The van der Waals surface area contributed by atoms with E-state index < -0.39 is 0 Å². The van der Waals surface area contributed by atoms with Crippen LogP contribution in [0, 0.1) is 0 Å². The van der Waals surface area contributed by atoms with Gasteiger partial charge < -0.3 is 4.98 Å². The van der Waals surface area contributed by atoms with Gasteiger partial charge in [0.15, 0.2) is 16.9 Å². The van der Waals surface area contributed by atoms with Crippen LogP contribution in [0.5, 0.6) is 0 Å². The van der Waals surface area contributed by atoms with Crippen LogP contribution >= 0.6 is 11.6 Å². The van der Waals surface area contributed by atoms with Crippen molar-refractivity contribution in [3.05, 3.63) is 46.2 Å². The van der Waals surface area contributed by atoms with Crippen LogP contribution in [0.25, 0.3) is 17.0 Å². The third-order valence-electron chi connectivity index (χ3n) is 2.34. The molecule has 0 aliphatic rings. The summed E-state index contributed by atoms with van der Waals surface area (Å²) in [4.78, 5) is 18.4. The van der Waals surface area contributed by atoms with E-state index in [-0.39, 0.29) is 5.43 Å². The Balaban J connectivity index is 2.40. The Bertz CT molecular complexity index is 748. The number of H-pyrrole nitrogens is 1. The van der Waals surface area contributed by atoms with Crippen LogP contribution in [0.1, 0.15) is 0 Å². The maximum atomic E-state index is 11.7. The molecule has 0 aliphatic carbocycles. The molecule has 0 unspecified atom stereocenters. The summed E-state index contributed by atoms with van der Waals surface area (Å²) in [5.41, 5.74) is 0.759. The highest BCUT2D eigenvalue weighted by atomic mass is 35.5. The third-order valence-corrected chi connectivity index (χ3v) is 2.60. The molecule has 3 heterocycles. The maximum Gasteiger partial charge on any atom is 0.192 e. The van der Waals surface area contributed by atoms with Gasteiger partial charge in [-0.2, -0.15) is 0 Å². The average molecular weight is 248 g/mol. The van der Waals surface area contributed by atoms with E-state index in [1.54, 1.807) is 16.8 Å². The summed E-state index contributed by atoms with van der Waals surface area (Å²) in [6.07, 6.45) is 6.12. The van der Waals surface area contributed by atoms with Crippen molar-refractivity contribution in [2.24, 2.45) is 0 Å². The largest absolute Gasteiger partial charge is 0.367 e. The van der Waals surface area contributed by atoms with Gasteiger partial charge in [-0.05, 0) is 0 Å². The van der Waals surface area contributed by atoms with E-state index >= 15 is 0 Å². The lowest BCUT2D eigenvalue weighted by Gasteiger charge is -2.00. The molecule has 0 aliphatic heterocycles. The summed E-state index contributed by atoms with van der Waals surface area (Å²) in [6, 6.07) is 1.42. The Morgan fingerprint density at radius 1 is 1.29 bits per heavy atom. The van der Waals surface area contributed by atoms with Crippen LogP contribution in [0.4, 0.5) is 0 Å². The van der Waals surface area contributed by atoms with Crippen LogP contribution in [0.15, 0.2) is 35.6 Å². The van der Waals surface area contributed by atoms with E-state index in [1.807, 2.05) is 0 Å². The smallest absolute Gasteiger partial charge is 0.192 e. The van der Waals surface area contributed by atoms with Crippen molar-refractivity contribution < 1.29 is 0 Å². The molecular weight excluding hydrogens is 242 g/mol. The molecule has 0 amide bonds. The van der Waals surface area contributed by atoms with E-state index in [9.17, 15) is 4.79 Å². The minimum absolute atomic E-state index is 0.147. The number of halogens is 1. The Kier molecular flexibility index (Phi) is 2.15. The normalized spacial score (nSPS) is 10.9. The number of aromatic amines is 1. The molecule has 0 spiro atoms. The fourth-order valence-corrected chi connectivity index (χ4v) is 1.80. The summed E-state index contributed by atoms with van der Waals surface area (Å²) < 4.78 is 1.57. The average Bonchev–Trinajstić information content (AvgIpc) is 2.75. The van der Waals surface area contributed by atoms with Gasteiger partial charge in [-0.1, -0.05) is 11.6 Å². The van der Waals surface area contributed by atoms with Gasteiger partial charge in [-0.15, -0.1) is 10.2 Å². The Morgan fingerprint density at radius 2 is 2.18 bits per heavy atom. The Morgan fingerprint density at radius 3 is 3.00 bits per heavy atom. The summed E-state index contributed by atoms with van der Waals surface area (Å²) in [6.45, 7) is 0. The van der Waals surface area contributed by atoms with E-state index in [0.717, 1.165) is 0 Å². The second kappa shape index (κ2) is 3.67. The van der Waals surface area contributed by atoms with Gasteiger partial charge in [-0.25, -0.2) is 0 Å². The number of nitrogens with zero attached hydrogens (tertiary/aromatic N) is 4. The first-order valence-electron chi connectivity index (χ1n) is 4.79. The van der Waals surface area contributed by atoms with Crippen molar-refractivity contribution in [2.75, 3.05) is 0 Å². The molecule has 3 aromatic rings. The Hall–Kier alpha value is -2.21. The van der Waals surface area contributed by atoms with Gasteiger partial charge in [0.05, 0.1) is 18.0 Å². The number of nitrogens with one attached hydrogen (secondary N) is 1. The molecule has 6 nitrogen and oxygen atoms in total. The van der Waals surface area contributed by atoms with Gasteiger partial charge in [0, 0.05) is 18.5 Å².